The van der Waals surface area contributed by atoms with E-state index in [1.807, 2.05) is 60.6 Å². The molecule has 27 nitrogen and oxygen atoms in total. The van der Waals surface area contributed by atoms with Crippen LogP contribution in [-0.4, -0.2) is 261 Å². The SMILES string of the molecule is COCOc1cc(-c2ncc3c(N4CC5CCC(C4)N5C(=O)OC(C)(C)C)nc(OC[C@@H]4CCCN4CCCOCCOCCOCCOCC(=O)NCCOc4ccc(-c5nc6nc(O[C@@H]7CO[C@H]8[C@@H]7OC[C@H]8OC7CCCCO7)n(COCC[Si](C)(C)C)c6cc5Cl)cc4)nc3c2F)c2c(C#C[Si](C(C)C)(C(C)C)C(C)C)c(F)ccc2c1. The molecule has 3 unspecified atom stereocenters. The number of hydrogen-bond acceptors (Lipinski definition) is 24. The van der Waals surface area contributed by atoms with Gasteiger partial charge in [-0.3, -0.25) is 24.1 Å². The van der Waals surface area contributed by atoms with E-state index in [0.717, 1.165) is 76.1 Å². The summed E-state index contributed by atoms with van der Waals surface area (Å²) >= 11 is 7.00. The molecule has 4 aromatic heterocycles. The van der Waals surface area contributed by atoms with Gasteiger partial charge in [-0.1, -0.05) is 84.8 Å². The minimum Gasteiger partial charge on any atom is -0.492 e. The van der Waals surface area contributed by atoms with Gasteiger partial charge in [-0.25, -0.2) is 18.6 Å². The number of imidazole rings is 1. The van der Waals surface area contributed by atoms with Crippen molar-refractivity contribution in [3.63, 3.8) is 0 Å². The number of nitrogens with one attached hydrogen (secondary N) is 1. The Morgan fingerprint density at radius 1 is 0.733 bits per heavy atom. The maximum Gasteiger partial charge on any atom is 0.410 e. The average Bonchev–Trinajstić information content (AvgIpc) is 1.13. The van der Waals surface area contributed by atoms with Crippen LogP contribution in [0.5, 0.6) is 23.5 Å². The third kappa shape index (κ3) is 22.3. The maximum atomic E-state index is 18.3. The predicted octanol–water partition coefficient (Wildman–Crippen LogP) is 14.6. The molecule has 8 atom stereocenters. The number of methoxy groups -OCH3 is 1. The van der Waals surface area contributed by atoms with E-state index in [1.165, 1.54) is 13.2 Å². The van der Waals surface area contributed by atoms with E-state index in [4.69, 9.17) is 108 Å². The van der Waals surface area contributed by atoms with Crippen molar-refractivity contribution < 1.29 is 89.4 Å². The van der Waals surface area contributed by atoms with Gasteiger partial charge >= 0.3 is 18.1 Å². The Labute approximate surface area is 710 Å². The molecule has 13 rings (SSSR count). The zero-order valence-corrected chi connectivity index (χ0v) is 74.7. The standard InChI is InChI=1S/C88H121ClF2N10O17Si2/c1-56(2)120(57(3)4,58(5)6)42-28-66-70(90)27-22-60-44-65(115-55-104-10)45-67(76(60)66)79-77(91)80-68(47-93-79)84(99-48-61-23-24-62(49-99)101(61)87(103)118-88(7,8)9)97-85(95-80)114-50-63-18-16-30-98(63)31-17-32-105-35-36-106-37-38-107-39-40-108-53-74(102)92-29-34-110-64-25-20-59(21-26-64)78-69(89)46-71-83(94-78)96-86(100(71)54-109-41-43-119(11,12)13)117-73-52-113-81-72(51-112-82(73)81)116-75-19-14-15-33-111-75/h20-22,25-27,44-47,56-58,61-63,72-73,75,81-82H,14-19,23-24,29-41,43,48-55H2,1-13H3,(H,92,102)/t61?,62?,63-,72+,73+,75?,81+,82+/m0/s1. The average molecular weight is 1720 g/mol. The summed E-state index contributed by atoms with van der Waals surface area (Å²) in [6.07, 6.45) is 6.75. The van der Waals surface area contributed by atoms with Gasteiger partial charge in [-0.2, -0.15) is 15.0 Å². The smallest absolute Gasteiger partial charge is 0.410 e. The van der Waals surface area contributed by atoms with Crippen LogP contribution in [0.3, 0.4) is 0 Å². The van der Waals surface area contributed by atoms with Crippen LogP contribution < -0.4 is 29.2 Å². The number of piperazine rings is 1. The molecule has 654 valence electrons. The summed E-state index contributed by atoms with van der Waals surface area (Å²) in [6, 6.07) is 16.7. The predicted molar refractivity (Wildman–Crippen MR) is 459 cm³/mol. The first-order valence-electron chi connectivity index (χ1n) is 42.8. The topological polar surface area (TPSA) is 264 Å². The van der Waals surface area contributed by atoms with Crippen LogP contribution in [0.25, 0.3) is 55.4 Å². The number of anilines is 1. The van der Waals surface area contributed by atoms with Crippen LogP contribution in [0, 0.1) is 23.1 Å². The van der Waals surface area contributed by atoms with Gasteiger partial charge in [-0.05, 0) is 155 Å². The number of pyridine rings is 2. The quantitative estimate of drug-likeness (QED) is 0.0162. The molecule has 120 heavy (non-hydrogen) atoms. The molecule has 2 bridgehead atoms. The molecule has 2 amide bonds. The minimum atomic E-state index is -2.37. The maximum absolute atomic E-state index is 18.3. The molecule has 6 saturated heterocycles. The highest BCUT2D eigenvalue weighted by Gasteiger charge is 2.52. The monoisotopic (exact) mass is 1720 g/mol. The zero-order chi connectivity index (χ0) is 84.8. The lowest BCUT2D eigenvalue weighted by Crippen LogP contribution is -2.57. The number of hydrogen-bond donors (Lipinski definition) is 1. The van der Waals surface area contributed by atoms with Gasteiger partial charge in [0.15, 0.2) is 30.7 Å². The van der Waals surface area contributed by atoms with E-state index in [0.29, 0.717) is 141 Å². The number of carbonyl (C=O) groups excluding carboxylic acids is 2. The molecule has 7 aromatic rings. The van der Waals surface area contributed by atoms with Crippen molar-refractivity contribution in [2.45, 2.75) is 217 Å². The number of amides is 2. The lowest BCUT2D eigenvalue weighted by Gasteiger charge is -2.42. The van der Waals surface area contributed by atoms with Gasteiger partial charge in [0.1, 0.15) is 92.9 Å². The van der Waals surface area contributed by atoms with E-state index in [1.54, 1.807) is 24.4 Å². The second-order valence-electron chi connectivity index (χ2n) is 35.0. The Balaban J connectivity index is 0.541. The molecule has 1 N–H and O–H groups in total. The fourth-order valence-corrected chi connectivity index (χ4v) is 23.6. The summed E-state index contributed by atoms with van der Waals surface area (Å²) in [5, 5.41) is 4.61. The summed E-state index contributed by atoms with van der Waals surface area (Å²) in [5.74, 6) is 3.23. The van der Waals surface area contributed by atoms with Gasteiger partial charge in [0.2, 0.25) is 5.91 Å². The van der Waals surface area contributed by atoms with Crippen LogP contribution in [0.15, 0.2) is 60.8 Å². The first-order chi connectivity index (χ1) is 57.7. The second-order valence-corrected chi connectivity index (χ2v) is 46.7. The molecule has 6 aliphatic heterocycles. The molecular weight excluding hydrogens is 1600 g/mol. The molecule has 0 saturated carbocycles. The van der Waals surface area contributed by atoms with Crippen LogP contribution in [-0.2, 0) is 63.6 Å². The molecular formula is C88H121ClF2N10O17Si2. The Morgan fingerprint density at radius 3 is 2.13 bits per heavy atom. The summed E-state index contributed by atoms with van der Waals surface area (Å²) in [6.45, 7) is 33.5. The second kappa shape index (κ2) is 41.3. The number of rotatable bonds is 40. The first kappa shape index (κ1) is 90.2. The fraction of sp³-hybridized carbons (Fsp3) is 0.625. The van der Waals surface area contributed by atoms with Crippen LogP contribution in [0.2, 0.25) is 47.3 Å². The van der Waals surface area contributed by atoms with Crippen molar-refractivity contribution in [3.05, 3.63) is 83.0 Å². The van der Waals surface area contributed by atoms with Crippen LogP contribution in [0.4, 0.5) is 19.4 Å². The zero-order valence-electron chi connectivity index (χ0n) is 71.9. The Kier molecular flexibility index (Phi) is 31.1. The molecule has 0 aliphatic carbocycles. The molecule has 0 radical (unpaired) electrons. The number of ether oxygens (including phenoxy) is 15. The number of benzene rings is 3. The third-order valence-electron chi connectivity index (χ3n) is 23.3. The van der Waals surface area contributed by atoms with Gasteiger partial charge in [0.05, 0.1) is 98.7 Å². The molecule has 3 aromatic carbocycles. The Morgan fingerprint density at radius 2 is 1.44 bits per heavy atom. The third-order valence-corrected chi connectivity index (χ3v) is 31.6. The lowest BCUT2D eigenvalue weighted by molar-refractivity contribution is -0.202. The fourth-order valence-electron chi connectivity index (χ4n) is 17.4. The highest BCUT2D eigenvalue weighted by atomic mass is 35.5. The number of carbonyl (C=O) groups is 2. The summed E-state index contributed by atoms with van der Waals surface area (Å²) in [4.78, 5) is 57.2. The molecule has 10 heterocycles. The van der Waals surface area contributed by atoms with Gasteiger partial charge in [0, 0.05) is 83.4 Å². The molecule has 32 heteroatoms. The van der Waals surface area contributed by atoms with Gasteiger partial charge < -0.3 is 81.3 Å². The van der Waals surface area contributed by atoms with Gasteiger partial charge in [0.25, 0.3) is 0 Å². The number of halogens is 3. The first-order valence-corrected chi connectivity index (χ1v) is 49.1. The van der Waals surface area contributed by atoms with E-state index in [9.17, 15) is 9.59 Å². The Hall–Kier alpha value is -7.53. The molecule has 0 spiro atoms. The van der Waals surface area contributed by atoms with E-state index < -0.39 is 39.5 Å². The van der Waals surface area contributed by atoms with Crippen LogP contribution in [0.1, 0.15) is 119 Å². The van der Waals surface area contributed by atoms with E-state index >= 15 is 8.78 Å². The Bertz CT molecular complexity index is 4640. The molecule has 6 aliphatic rings. The lowest BCUT2D eigenvalue weighted by atomic mass is 9.95. The van der Waals surface area contributed by atoms with E-state index in [-0.39, 0.29) is 146 Å². The number of fused-ring (bicyclic) bond motifs is 6. The van der Waals surface area contributed by atoms with Gasteiger partial charge in [-0.15, -0.1) is 5.54 Å². The summed E-state index contributed by atoms with van der Waals surface area (Å²) < 4.78 is 127. The number of aromatic nitrogens is 6. The van der Waals surface area contributed by atoms with E-state index in [2.05, 4.69) is 87.8 Å². The largest absolute Gasteiger partial charge is 0.492 e. The van der Waals surface area contributed by atoms with Crippen molar-refractivity contribution >= 4 is 78.4 Å². The minimum absolute atomic E-state index is 0.000575. The highest BCUT2D eigenvalue weighted by molar-refractivity contribution is 6.90. The number of likely N-dealkylation sites (tertiary alicyclic amines) is 1. The van der Waals surface area contributed by atoms with Crippen molar-refractivity contribution in [1.82, 2.24) is 44.6 Å². The number of nitrogens with zero attached hydrogens (tertiary/aromatic N) is 9. The summed E-state index contributed by atoms with van der Waals surface area (Å²) in [7, 11) is -2.21. The summed E-state index contributed by atoms with van der Waals surface area (Å²) in [5.41, 5.74) is 6.65. The van der Waals surface area contributed by atoms with Crippen LogP contribution >= 0.6 is 11.6 Å². The van der Waals surface area contributed by atoms with Crippen molar-refractivity contribution in [3.8, 4) is 57.5 Å². The van der Waals surface area contributed by atoms with Crippen molar-refractivity contribution in [1.29, 1.82) is 0 Å². The van der Waals surface area contributed by atoms with Crippen molar-refractivity contribution in [2.75, 3.05) is 144 Å². The normalized spacial score (nSPS) is 20.9. The highest BCUT2D eigenvalue weighted by Crippen LogP contribution is 2.45. The van der Waals surface area contributed by atoms with Crippen molar-refractivity contribution in [2.24, 2.45) is 0 Å². The molecule has 6 fully saturated rings.